The predicted octanol–water partition coefficient (Wildman–Crippen LogP) is 3.83. The maximum absolute atomic E-state index is 8.85. The number of benzene rings is 1. The van der Waals surface area contributed by atoms with Crippen molar-refractivity contribution >= 4 is 23.4 Å². The van der Waals surface area contributed by atoms with Crippen LogP contribution in [0.2, 0.25) is 5.02 Å². The molecule has 0 saturated heterocycles. The Balaban J connectivity index is 2.14. The first-order valence-electron chi connectivity index (χ1n) is 6.06. The number of hydrogen-bond acceptors (Lipinski definition) is 3. The van der Waals surface area contributed by atoms with Gasteiger partial charge in [-0.3, -0.25) is 4.68 Å². The average Bonchev–Trinajstić information content (AvgIpc) is 2.88. The Bertz CT molecular complexity index is 601. The van der Waals surface area contributed by atoms with Crippen molar-refractivity contribution in [1.82, 2.24) is 9.78 Å². The van der Waals surface area contributed by atoms with Gasteiger partial charge in [-0.05, 0) is 24.0 Å². The van der Waals surface area contributed by atoms with Crippen molar-refractivity contribution in [1.29, 1.82) is 5.26 Å². The third-order valence-corrected chi connectivity index (χ3v) is 3.89. The summed E-state index contributed by atoms with van der Waals surface area (Å²) in [6, 6.07) is 9.40. The van der Waals surface area contributed by atoms with Crippen LogP contribution in [0.1, 0.15) is 12.5 Å². The zero-order valence-electron chi connectivity index (χ0n) is 10.6. The van der Waals surface area contributed by atoms with Crippen molar-refractivity contribution in [2.75, 3.05) is 11.5 Å². The molecule has 0 amide bonds. The van der Waals surface area contributed by atoms with Gasteiger partial charge in [-0.1, -0.05) is 24.6 Å². The van der Waals surface area contributed by atoms with Crippen molar-refractivity contribution in [3.8, 4) is 17.3 Å². The number of aryl methyl sites for hydroxylation is 1. The second-order valence-electron chi connectivity index (χ2n) is 3.97. The van der Waals surface area contributed by atoms with Gasteiger partial charge in [0, 0.05) is 24.1 Å². The van der Waals surface area contributed by atoms with E-state index < -0.39 is 0 Å². The normalized spacial score (nSPS) is 10.4. The number of rotatable bonds is 5. The molecule has 1 aromatic heterocycles. The smallest absolute Gasteiger partial charge is 0.101 e. The van der Waals surface area contributed by atoms with Gasteiger partial charge in [-0.15, -0.1) is 0 Å². The molecule has 0 spiro atoms. The highest BCUT2D eigenvalue weighted by molar-refractivity contribution is 7.99. The van der Waals surface area contributed by atoms with Crippen LogP contribution in [-0.4, -0.2) is 21.3 Å². The average molecular weight is 292 g/mol. The maximum Gasteiger partial charge on any atom is 0.101 e. The van der Waals surface area contributed by atoms with E-state index in [1.165, 1.54) is 0 Å². The van der Waals surface area contributed by atoms with Gasteiger partial charge < -0.3 is 0 Å². The van der Waals surface area contributed by atoms with Gasteiger partial charge in [0.05, 0.1) is 16.3 Å². The minimum atomic E-state index is 0.469. The molecule has 0 saturated carbocycles. The molecule has 0 radical (unpaired) electrons. The largest absolute Gasteiger partial charge is 0.271 e. The highest BCUT2D eigenvalue weighted by Crippen LogP contribution is 2.24. The van der Waals surface area contributed by atoms with Crippen molar-refractivity contribution in [3.05, 3.63) is 41.0 Å². The Kier molecular flexibility index (Phi) is 4.89. The van der Waals surface area contributed by atoms with Crippen LogP contribution in [0.4, 0.5) is 0 Å². The summed E-state index contributed by atoms with van der Waals surface area (Å²) in [5, 5.41) is 13.8. The molecule has 2 rings (SSSR count). The lowest BCUT2D eigenvalue weighted by molar-refractivity contribution is 0.669. The molecule has 0 N–H and O–H groups in total. The lowest BCUT2D eigenvalue weighted by Crippen LogP contribution is -2.01. The van der Waals surface area contributed by atoms with Gasteiger partial charge in [-0.25, -0.2) is 0 Å². The SMILES string of the molecule is CCSCCn1ccc(-c2ccc(C#N)c(Cl)c2)n1. The van der Waals surface area contributed by atoms with Gasteiger partial charge in [0.2, 0.25) is 0 Å². The van der Waals surface area contributed by atoms with Gasteiger partial charge >= 0.3 is 0 Å². The first kappa shape index (κ1) is 14.0. The Morgan fingerprint density at radius 3 is 2.95 bits per heavy atom. The van der Waals surface area contributed by atoms with Crippen molar-refractivity contribution in [2.24, 2.45) is 0 Å². The molecule has 0 atom stereocenters. The highest BCUT2D eigenvalue weighted by atomic mass is 35.5. The molecule has 0 fully saturated rings. The Hall–Kier alpha value is -1.44. The van der Waals surface area contributed by atoms with Crippen LogP contribution in [0.25, 0.3) is 11.3 Å². The molecular weight excluding hydrogens is 278 g/mol. The molecule has 0 unspecified atom stereocenters. The standard InChI is InChI=1S/C14H14ClN3S/c1-2-19-8-7-18-6-5-14(17-18)11-3-4-12(10-16)13(15)9-11/h3-6,9H,2,7-8H2,1H3. The molecule has 1 aromatic carbocycles. The molecule has 0 aliphatic heterocycles. The quantitative estimate of drug-likeness (QED) is 0.786. The van der Waals surface area contributed by atoms with Gasteiger partial charge in [-0.2, -0.15) is 22.1 Å². The summed E-state index contributed by atoms with van der Waals surface area (Å²) >= 11 is 7.93. The second-order valence-corrected chi connectivity index (χ2v) is 5.77. The summed E-state index contributed by atoms with van der Waals surface area (Å²) in [7, 11) is 0. The van der Waals surface area contributed by atoms with E-state index in [2.05, 4.69) is 18.1 Å². The first-order chi connectivity index (χ1) is 9.24. The molecule has 0 aliphatic carbocycles. The van der Waals surface area contributed by atoms with Crippen molar-refractivity contribution in [3.63, 3.8) is 0 Å². The van der Waals surface area contributed by atoms with Crippen LogP contribution in [0.15, 0.2) is 30.5 Å². The van der Waals surface area contributed by atoms with E-state index in [0.717, 1.165) is 29.3 Å². The third-order valence-electron chi connectivity index (χ3n) is 2.69. The summed E-state index contributed by atoms with van der Waals surface area (Å²) in [4.78, 5) is 0. The molecule has 19 heavy (non-hydrogen) atoms. The fraction of sp³-hybridized carbons (Fsp3) is 0.286. The van der Waals surface area contributed by atoms with E-state index in [1.54, 1.807) is 12.1 Å². The van der Waals surface area contributed by atoms with E-state index in [4.69, 9.17) is 16.9 Å². The van der Waals surface area contributed by atoms with E-state index in [9.17, 15) is 0 Å². The maximum atomic E-state index is 8.85. The predicted molar refractivity (Wildman–Crippen MR) is 80.4 cm³/mol. The molecule has 5 heteroatoms. The molecule has 0 aliphatic rings. The van der Waals surface area contributed by atoms with E-state index in [1.807, 2.05) is 34.8 Å². The van der Waals surface area contributed by atoms with Crippen molar-refractivity contribution in [2.45, 2.75) is 13.5 Å². The summed E-state index contributed by atoms with van der Waals surface area (Å²) < 4.78 is 1.93. The van der Waals surface area contributed by atoms with Crippen molar-refractivity contribution < 1.29 is 0 Å². The minimum absolute atomic E-state index is 0.469. The number of halogens is 1. The lowest BCUT2D eigenvalue weighted by atomic mass is 10.1. The van der Waals surface area contributed by atoms with E-state index >= 15 is 0 Å². The fourth-order valence-electron chi connectivity index (χ4n) is 1.71. The third kappa shape index (κ3) is 3.52. The summed E-state index contributed by atoms with van der Waals surface area (Å²) in [5.41, 5.74) is 2.31. The number of hydrogen-bond donors (Lipinski definition) is 0. The second kappa shape index (κ2) is 6.65. The van der Waals surface area contributed by atoms with Crippen LogP contribution in [0.5, 0.6) is 0 Å². The number of nitriles is 1. The summed E-state index contributed by atoms with van der Waals surface area (Å²) in [6.45, 7) is 3.06. The number of aromatic nitrogens is 2. The molecule has 0 bridgehead atoms. The molecule has 98 valence electrons. The number of nitrogens with zero attached hydrogens (tertiary/aromatic N) is 3. The lowest BCUT2D eigenvalue weighted by Gasteiger charge is -2.01. The zero-order valence-corrected chi connectivity index (χ0v) is 12.2. The molecule has 3 nitrogen and oxygen atoms in total. The Morgan fingerprint density at radius 1 is 1.42 bits per heavy atom. The number of thioether (sulfide) groups is 1. The molecule has 2 aromatic rings. The molecule has 1 heterocycles. The monoisotopic (exact) mass is 291 g/mol. The molecular formula is C14H14ClN3S. The van der Waals surface area contributed by atoms with E-state index in [0.29, 0.717) is 10.6 Å². The van der Waals surface area contributed by atoms with Crippen LogP contribution in [0, 0.1) is 11.3 Å². The van der Waals surface area contributed by atoms with E-state index in [-0.39, 0.29) is 0 Å². The van der Waals surface area contributed by atoms with Crippen LogP contribution < -0.4 is 0 Å². The highest BCUT2D eigenvalue weighted by Gasteiger charge is 2.06. The topological polar surface area (TPSA) is 41.6 Å². The zero-order chi connectivity index (χ0) is 13.7. The van der Waals surface area contributed by atoms with Crippen LogP contribution in [0.3, 0.4) is 0 Å². The summed E-state index contributed by atoms with van der Waals surface area (Å²) in [6.07, 6.45) is 1.97. The Morgan fingerprint density at radius 2 is 2.26 bits per heavy atom. The van der Waals surface area contributed by atoms with Crippen LogP contribution >= 0.6 is 23.4 Å². The summed E-state index contributed by atoms with van der Waals surface area (Å²) in [5.74, 6) is 2.19. The Labute approximate surface area is 122 Å². The van der Waals surface area contributed by atoms with Crippen LogP contribution in [-0.2, 0) is 6.54 Å². The van der Waals surface area contributed by atoms with Gasteiger partial charge in [0.25, 0.3) is 0 Å². The fourth-order valence-corrected chi connectivity index (χ4v) is 2.54. The van der Waals surface area contributed by atoms with Gasteiger partial charge in [0.15, 0.2) is 0 Å². The first-order valence-corrected chi connectivity index (χ1v) is 7.59. The minimum Gasteiger partial charge on any atom is -0.271 e. The van der Waals surface area contributed by atoms with Gasteiger partial charge in [0.1, 0.15) is 6.07 Å².